The van der Waals surface area contributed by atoms with E-state index in [0.29, 0.717) is 6.54 Å². The standard InChI is InChI=1S/C11H14BrNO2/c1-8(14)13-6-5-9-7-10(15-2)3-4-11(9)12/h3-4,7H,5-6H2,1-2H3,(H,13,14). The van der Waals surface area contributed by atoms with Crippen molar-refractivity contribution in [1.82, 2.24) is 5.32 Å². The lowest BCUT2D eigenvalue weighted by atomic mass is 10.1. The van der Waals surface area contributed by atoms with Crippen LogP contribution in [-0.4, -0.2) is 19.6 Å². The van der Waals surface area contributed by atoms with Gasteiger partial charge in [0.1, 0.15) is 5.75 Å². The maximum Gasteiger partial charge on any atom is 0.216 e. The fourth-order valence-corrected chi connectivity index (χ4v) is 1.69. The van der Waals surface area contributed by atoms with Crippen molar-refractivity contribution < 1.29 is 9.53 Å². The van der Waals surface area contributed by atoms with E-state index in [0.717, 1.165) is 22.2 Å². The number of hydrogen-bond acceptors (Lipinski definition) is 2. The van der Waals surface area contributed by atoms with Crippen LogP contribution in [-0.2, 0) is 11.2 Å². The van der Waals surface area contributed by atoms with E-state index in [9.17, 15) is 4.79 Å². The van der Waals surface area contributed by atoms with E-state index in [4.69, 9.17) is 4.74 Å². The molecule has 0 spiro atoms. The van der Waals surface area contributed by atoms with Gasteiger partial charge in [-0.1, -0.05) is 15.9 Å². The first kappa shape index (κ1) is 12.0. The molecule has 0 aromatic heterocycles. The summed E-state index contributed by atoms with van der Waals surface area (Å²) in [6, 6.07) is 5.81. The van der Waals surface area contributed by atoms with Gasteiger partial charge in [-0.25, -0.2) is 0 Å². The molecule has 1 N–H and O–H groups in total. The van der Waals surface area contributed by atoms with Gasteiger partial charge in [-0.05, 0) is 30.2 Å². The predicted octanol–water partition coefficient (Wildman–Crippen LogP) is 2.14. The van der Waals surface area contributed by atoms with Gasteiger partial charge in [0.15, 0.2) is 0 Å². The molecule has 0 saturated heterocycles. The van der Waals surface area contributed by atoms with Crippen LogP contribution in [0.1, 0.15) is 12.5 Å². The zero-order valence-corrected chi connectivity index (χ0v) is 10.4. The van der Waals surface area contributed by atoms with Gasteiger partial charge in [0.2, 0.25) is 5.91 Å². The number of halogens is 1. The molecular weight excluding hydrogens is 258 g/mol. The fourth-order valence-electron chi connectivity index (χ4n) is 1.24. The van der Waals surface area contributed by atoms with Crippen LogP contribution in [0, 0.1) is 0 Å². The number of nitrogens with one attached hydrogen (secondary N) is 1. The molecular formula is C11H14BrNO2. The van der Waals surface area contributed by atoms with Crippen molar-refractivity contribution in [3.63, 3.8) is 0 Å². The van der Waals surface area contributed by atoms with Gasteiger partial charge in [0.05, 0.1) is 7.11 Å². The highest BCUT2D eigenvalue weighted by molar-refractivity contribution is 9.10. The fraction of sp³-hybridized carbons (Fsp3) is 0.364. The van der Waals surface area contributed by atoms with Crippen molar-refractivity contribution in [2.45, 2.75) is 13.3 Å². The summed E-state index contributed by atoms with van der Waals surface area (Å²) in [6.07, 6.45) is 0.789. The van der Waals surface area contributed by atoms with Crippen LogP contribution >= 0.6 is 15.9 Å². The molecule has 0 aliphatic rings. The lowest BCUT2D eigenvalue weighted by Gasteiger charge is -2.07. The van der Waals surface area contributed by atoms with Gasteiger partial charge in [0, 0.05) is 17.9 Å². The number of carbonyl (C=O) groups is 1. The predicted molar refractivity (Wildman–Crippen MR) is 63.1 cm³/mol. The van der Waals surface area contributed by atoms with Crippen LogP contribution in [0.3, 0.4) is 0 Å². The van der Waals surface area contributed by atoms with Crippen molar-refractivity contribution in [3.05, 3.63) is 28.2 Å². The minimum Gasteiger partial charge on any atom is -0.497 e. The first-order chi connectivity index (χ1) is 7.13. The lowest BCUT2D eigenvalue weighted by molar-refractivity contribution is -0.118. The molecule has 0 fully saturated rings. The average Bonchev–Trinajstić information content (AvgIpc) is 2.20. The van der Waals surface area contributed by atoms with Gasteiger partial charge in [0.25, 0.3) is 0 Å². The quantitative estimate of drug-likeness (QED) is 0.911. The van der Waals surface area contributed by atoms with E-state index in [1.54, 1.807) is 7.11 Å². The topological polar surface area (TPSA) is 38.3 Å². The van der Waals surface area contributed by atoms with E-state index in [-0.39, 0.29) is 5.91 Å². The van der Waals surface area contributed by atoms with E-state index in [1.165, 1.54) is 6.92 Å². The number of hydrogen-bond donors (Lipinski definition) is 1. The molecule has 0 aliphatic heterocycles. The summed E-state index contributed by atoms with van der Waals surface area (Å²) >= 11 is 3.46. The SMILES string of the molecule is COc1ccc(Br)c(CCNC(C)=O)c1. The monoisotopic (exact) mass is 271 g/mol. The summed E-state index contributed by atoms with van der Waals surface area (Å²) in [5.74, 6) is 0.824. The number of methoxy groups -OCH3 is 1. The molecule has 1 aromatic rings. The summed E-state index contributed by atoms with van der Waals surface area (Å²) in [6.45, 7) is 2.15. The highest BCUT2D eigenvalue weighted by Gasteiger charge is 2.02. The van der Waals surface area contributed by atoms with Crippen LogP contribution in [0.15, 0.2) is 22.7 Å². The van der Waals surface area contributed by atoms with Crippen LogP contribution in [0.5, 0.6) is 5.75 Å². The lowest BCUT2D eigenvalue weighted by Crippen LogP contribution is -2.22. The van der Waals surface area contributed by atoms with E-state index in [1.807, 2.05) is 18.2 Å². The molecule has 1 amide bonds. The number of rotatable bonds is 4. The van der Waals surface area contributed by atoms with Crippen molar-refractivity contribution >= 4 is 21.8 Å². The molecule has 0 atom stereocenters. The van der Waals surface area contributed by atoms with Gasteiger partial charge < -0.3 is 10.1 Å². The van der Waals surface area contributed by atoms with Crippen LogP contribution in [0.4, 0.5) is 0 Å². The number of amides is 1. The van der Waals surface area contributed by atoms with Crippen molar-refractivity contribution in [1.29, 1.82) is 0 Å². The Bertz CT molecular complexity index is 352. The van der Waals surface area contributed by atoms with Crippen LogP contribution in [0.25, 0.3) is 0 Å². The number of ether oxygens (including phenoxy) is 1. The minimum absolute atomic E-state index is 0.00554. The maximum absolute atomic E-state index is 10.7. The van der Waals surface area contributed by atoms with Gasteiger partial charge >= 0.3 is 0 Å². The first-order valence-electron chi connectivity index (χ1n) is 4.70. The van der Waals surface area contributed by atoms with E-state index >= 15 is 0 Å². The molecule has 0 unspecified atom stereocenters. The summed E-state index contributed by atoms with van der Waals surface area (Å²) in [4.78, 5) is 10.7. The maximum atomic E-state index is 10.7. The first-order valence-corrected chi connectivity index (χ1v) is 5.49. The summed E-state index contributed by atoms with van der Waals surface area (Å²) in [5.41, 5.74) is 1.13. The second-order valence-electron chi connectivity index (χ2n) is 3.19. The van der Waals surface area contributed by atoms with E-state index in [2.05, 4.69) is 21.2 Å². The zero-order chi connectivity index (χ0) is 11.3. The third kappa shape index (κ3) is 3.91. The smallest absolute Gasteiger partial charge is 0.216 e. The Morgan fingerprint density at radius 2 is 2.27 bits per heavy atom. The van der Waals surface area contributed by atoms with Crippen molar-refractivity contribution in [2.75, 3.05) is 13.7 Å². The van der Waals surface area contributed by atoms with E-state index < -0.39 is 0 Å². The Balaban J connectivity index is 2.62. The minimum atomic E-state index is -0.00554. The molecule has 3 nitrogen and oxygen atoms in total. The van der Waals surface area contributed by atoms with Crippen LogP contribution in [0.2, 0.25) is 0 Å². The molecule has 82 valence electrons. The molecule has 0 heterocycles. The normalized spacial score (nSPS) is 9.80. The van der Waals surface area contributed by atoms with Gasteiger partial charge in [-0.3, -0.25) is 4.79 Å². The molecule has 0 radical (unpaired) electrons. The zero-order valence-electron chi connectivity index (χ0n) is 8.84. The number of carbonyl (C=O) groups excluding carboxylic acids is 1. The largest absolute Gasteiger partial charge is 0.497 e. The Morgan fingerprint density at radius 1 is 1.53 bits per heavy atom. The average molecular weight is 272 g/mol. The highest BCUT2D eigenvalue weighted by Crippen LogP contribution is 2.22. The highest BCUT2D eigenvalue weighted by atomic mass is 79.9. The molecule has 1 rings (SSSR count). The number of benzene rings is 1. The van der Waals surface area contributed by atoms with Gasteiger partial charge in [-0.15, -0.1) is 0 Å². The molecule has 0 bridgehead atoms. The van der Waals surface area contributed by atoms with Gasteiger partial charge in [-0.2, -0.15) is 0 Å². The molecule has 0 aliphatic carbocycles. The molecule has 0 saturated carbocycles. The van der Waals surface area contributed by atoms with Crippen molar-refractivity contribution in [3.8, 4) is 5.75 Å². The Hall–Kier alpha value is -1.03. The second-order valence-corrected chi connectivity index (χ2v) is 4.04. The Morgan fingerprint density at radius 3 is 2.87 bits per heavy atom. The third-order valence-electron chi connectivity index (χ3n) is 2.02. The Labute approximate surface area is 97.9 Å². The van der Waals surface area contributed by atoms with Crippen LogP contribution < -0.4 is 10.1 Å². The summed E-state index contributed by atoms with van der Waals surface area (Å²) < 4.78 is 6.16. The third-order valence-corrected chi connectivity index (χ3v) is 2.79. The molecule has 15 heavy (non-hydrogen) atoms. The second kappa shape index (κ2) is 5.75. The van der Waals surface area contributed by atoms with Crippen molar-refractivity contribution in [2.24, 2.45) is 0 Å². The summed E-state index contributed by atoms with van der Waals surface area (Å²) in [7, 11) is 1.64. The Kier molecular flexibility index (Phi) is 4.62. The molecule has 1 aromatic carbocycles. The summed E-state index contributed by atoms with van der Waals surface area (Å²) in [5, 5.41) is 2.76. The molecule has 4 heteroatoms.